The maximum Gasteiger partial charge on any atom is 0.142 e. The standard InChI is InChI=1S/C16H18ClFN2O/c1-11(2)20-8-13-4-3-5-15(17)16(13)21-10-12-6-14(18)9-19-7-12/h3-7,9,11,20H,8,10H2,1-2H3. The Balaban J connectivity index is 2.11. The Labute approximate surface area is 129 Å². The highest BCUT2D eigenvalue weighted by molar-refractivity contribution is 6.32. The van der Waals surface area contributed by atoms with Crippen LogP contribution in [0, 0.1) is 5.82 Å². The second-order valence-corrected chi connectivity index (χ2v) is 5.47. The summed E-state index contributed by atoms with van der Waals surface area (Å²) >= 11 is 6.20. The molecule has 0 atom stereocenters. The third kappa shape index (κ3) is 4.69. The van der Waals surface area contributed by atoms with Crippen LogP contribution in [-0.2, 0) is 13.2 Å². The highest BCUT2D eigenvalue weighted by atomic mass is 35.5. The molecule has 0 unspecified atom stereocenters. The molecule has 2 aromatic rings. The van der Waals surface area contributed by atoms with Crippen LogP contribution in [0.15, 0.2) is 36.7 Å². The summed E-state index contributed by atoms with van der Waals surface area (Å²) in [6.07, 6.45) is 2.74. The van der Waals surface area contributed by atoms with Crippen molar-refractivity contribution in [2.75, 3.05) is 0 Å². The minimum absolute atomic E-state index is 0.225. The van der Waals surface area contributed by atoms with E-state index < -0.39 is 0 Å². The normalized spacial score (nSPS) is 10.9. The van der Waals surface area contributed by atoms with Gasteiger partial charge in [0, 0.05) is 29.9 Å². The minimum Gasteiger partial charge on any atom is -0.487 e. The highest BCUT2D eigenvalue weighted by Gasteiger charge is 2.09. The molecule has 1 heterocycles. The molecule has 0 aliphatic heterocycles. The zero-order valence-corrected chi connectivity index (χ0v) is 12.8. The van der Waals surface area contributed by atoms with Gasteiger partial charge < -0.3 is 10.1 Å². The molecule has 1 N–H and O–H groups in total. The lowest BCUT2D eigenvalue weighted by Gasteiger charge is -2.15. The number of benzene rings is 1. The molecular formula is C16H18ClFN2O. The summed E-state index contributed by atoms with van der Waals surface area (Å²) < 4.78 is 18.9. The van der Waals surface area contributed by atoms with Gasteiger partial charge in [-0.3, -0.25) is 4.98 Å². The van der Waals surface area contributed by atoms with Crippen LogP contribution >= 0.6 is 11.6 Å². The summed E-state index contributed by atoms with van der Waals surface area (Å²) in [5.74, 6) is 0.244. The first-order chi connectivity index (χ1) is 10.1. The summed E-state index contributed by atoms with van der Waals surface area (Å²) in [4.78, 5) is 3.80. The SMILES string of the molecule is CC(C)NCc1cccc(Cl)c1OCc1cncc(F)c1. The van der Waals surface area contributed by atoms with Crippen LogP contribution in [0.1, 0.15) is 25.0 Å². The van der Waals surface area contributed by atoms with Crippen LogP contribution in [0.4, 0.5) is 4.39 Å². The highest BCUT2D eigenvalue weighted by Crippen LogP contribution is 2.29. The summed E-state index contributed by atoms with van der Waals surface area (Å²) in [5.41, 5.74) is 1.64. The van der Waals surface area contributed by atoms with E-state index >= 15 is 0 Å². The summed E-state index contributed by atoms with van der Waals surface area (Å²) in [5, 5.41) is 3.87. The van der Waals surface area contributed by atoms with Gasteiger partial charge in [-0.05, 0) is 12.1 Å². The van der Waals surface area contributed by atoms with Crippen molar-refractivity contribution in [2.24, 2.45) is 0 Å². The lowest BCUT2D eigenvalue weighted by molar-refractivity contribution is 0.301. The minimum atomic E-state index is -0.378. The molecule has 0 saturated carbocycles. The Morgan fingerprint density at radius 1 is 1.33 bits per heavy atom. The van der Waals surface area contributed by atoms with Gasteiger partial charge in [-0.25, -0.2) is 4.39 Å². The van der Waals surface area contributed by atoms with E-state index in [1.165, 1.54) is 6.07 Å². The zero-order valence-electron chi connectivity index (χ0n) is 12.1. The molecule has 0 spiro atoms. The van der Waals surface area contributed by atoms with Gasteiger partial charge in [-0.1, -0.05) is 37.6 Å². The number of nitrogens with zero attached hydrogens (tertiary/aromatic N) is 1. The van der Waals surface area contributed by atoms with Gasteiger partial charge in [0.2, 0.25) is 0 Å². The van der Waals surface area contributed by atoms with Crippen molar-refractivity contribution in [2.45, 2.75) is 33.0 Å². The van der Waals surface area contributed by atoms with E-state index in [1.54, 1.807) is 12.3 Å². The van der Waals surface area contributed by atoms with Crippen LogP contribution in [0.5, 0.6) is 5.75 Å². The Bertz CT molecular complexity index is 605. The quantitative estimate of drug-likeness (QED) is 0.877. The first kappa shape index (κ1) is 15.7. The molecule has 5 heteroatoms. The smallest absolute Gasteiger partial charge is 0.142 e. The number of pyridine rings is 1. The fourth-order valence-corrected chi connectivity index (χ4v) is 2.11. The molecule has 3 nitrogen and oxygen atoms in total. The van der Waals surface area contributed by atoms with Crippen LogP contribution < -0.4 is 10.1 Å². The van der Waals surface area contributed by atoms with Gasteiger partial charge in [0.1, 0.15) is 18.2 Å². The summed E-state index contributed by atoms with van der Waals surface area (Å²) in [6, 6.07) is 7.39. The molecule has 21 heavy (non-hydrogen) atoms. The maximum absolute atomic E-state index is 13.1. The van der Waals surface area contributed by atoms with Crippen LogP contribution in [0.3, 0.4) is 0 Å². The van der Waals surface area contributed by atoms with E-state index in [2.05, 4.69) is 24.1 Å². The van der Waals surface area contributed by atoms with Crippen LogP contribution in [0.25, 0.3) is 0 Å². The van der Waals surface area contributed by atoms with Gasteiger partial charge in [0.25, 0.3) is 0 Å². The van der Waals surface area contributed by atoms with Crippen molar-refractivity contribution in [3.8, 4) is 5.75 Å². The number of rotatable bonds is 6. The third-order valence-electron chi connectivity index (χ3n) is 2.89. The fraction of sp³-hybridized carbons (Fsp3) is 0.312. The molecule has 0 fully saturated rings. The topological polar surface area (TPSA) is 34.1 Å². The first-order valence-corrected chi connectivity index (χ1v) is 7.17. The van der Waals surface area contributed by atoms with Crippen molar-refractivity contribution >= 4 is 11.6 Å². The van der Waals surface area contributed by atoms with E-state index in [0.717, 1.165) is 11.8 Å². The average molecular weight is 309 g/mol. The number of ether oxygens (including phenoxy) is 1. The van der Waals surface area contributed by atoms with Gasteiger partial charge in [0.05, 0.1) is 11.2 Å². The van der Waals surface area contributed by atoms with E-state index in [-0.39, 0.29) is 12.4 Å². The number of hydrogen-bond acceptors (Lipinski definition) is 3. The number of aromatic nitrogens is 1. The fourth-order valence-electron chi connectivity index (χ4n) is 1.86. The van der Waals surface area contributed by atoms with Crippen molar-refractivity contribution < 1.29 is 9.13 Å². The molecule has 0 aliphatic rings. The van der Waals surface area contributed by atoms with Gasteiger partial charge >= 0.3 is 0 Å². The Morgan fingerprint density at radius 3 is 2.86 bits per heavy atom. The molecule has 0 radical (unpaired) electrons. The molecule has 0 saturated heterocycles. The molecule has 1 aromatic carbocycles. The predicted octanol–water partition coefficient (Wildman–Crippen LogP) is 3.95. The second kappa shape index (κ2) is 7.38. The van der Waals surface area contributed by atoms with Crippen molar-refractivity contribution in [3.05, 3.63) is 58.6 Å². The largest absolute Gasteiger partial charge is 0.487 e. The number of nitrogens with one attached hydrogen (secondary N) is 1. The van der Waals surface area contributed by atoms with E-state index in [9.17, 15) is 4.39 Å². The summed E-state index contributed by atoms with van der Waals surface area (Å²) in [6.45, 7) is 5.03. The lowest BCUT2D eigenvalue weighted by atomic mass is 10.2. The number of halogens is 2. The number of hydrogen-bond donors (Lipinski definition) is 1. The molecule has 112 valence electrons. The van der Waals surface area contributed by atoms with E-state index in [0.29, 0.717) is 28.9 Å². The van der Waals surface area contributed by atoms with Crippen LogP contribution in [0.2, 0.25) is 5.02 Å². The number of para-hydroxylation sites is 1. The molecule has 0 amide bonds. The maximum atomic E-state index is 13.1. The Hall–Kier alpha value is -1.65. The molecule has 1 aromatic heterocycles. The van der Waals surface area contributed by atoms with Gasteiger partial charge in [-0.15, -0.1) is 0 Å². The predicted molar refractivity (Wildman–Crippen MR) is 82.0 cm³/mol. The molecule has 0 aliphatic carbocycles. The third-order valence-corrected chi connectivity index (χ3v) is 3.19. The van der Waals surface area contributed by atoms with Crippen molar-refractivity contribution in [3.63, 3.8) is 0 Å². The Morgan fingerprint density at radius 2 is 2.14 bits per heavy atom. The van der Waals surface area contributed by atoms with Gasteiger partial charge in [0.15, 0.2) is 0 Å². The second-order valence-electron chi connectivity index (χ2n) is 5.06. The van der Waals surface area contributed by atoms with E-state index in [4.69, 9.17) is 16.3 Å². The molecule has 2 rings (SSSR count). The Kier molecular flexibility index (Phi) is 5.53. The van der Waals surface area contributed by atoms with Crippen molar-refractivity contribution in [1.82, 2.24) is 10.3 Å². The summed E-state index contributed by atoms with van der Waals surface area (Å²) in [7, 11) is 0. The first-order valence-electron chi connectivity index (χ1n) is 6.79. The van der Waals surface area contributed by atoms with E-state index in [1.807, 2.05) is 12.1 Å². The average Bonchev–Trinajstić information content (AvgIpc) is 2.44. The van der Waals surface area contributed by atoms with Gasteiger partial charge in [-0.2, -0.15) is 0 Å². The van der Waals surface area contributed by atoms with Crippen LogP contribution in [-0.4, -0.2) is 11.0 Å². The monoisotopic (exact) mass is 308 g/mol. The lowest BCUT2D eigenvalue weighted by Crippen LogP contribution is -2.22. The zero-order chi connectivity index (χ0) is 15.2. The van der Waals surface area contributed by atoms with Crippen molar-refractivity contribution in [1.29, 1.82) is 0 Å². The molecule has 0 bridgehead atoms. The molecular weight excluding hydrogens is 291 g/mol.